The number of hydrogen-bond donors (Lipinski definition) is 2. The van der Waals surface area contributed by atoms with Gasteiger partial charge in [-0.25, -0.2) is 0 Å². The molecule has 0 fully saturated rings. The third kappa shape index (κ3) is 4.64. The van der Waals surface area contributed by atoms with Crippen molar-refractivity contribution in [3.63, 3.8) is 0 Å². The van der Waals surface area contributed by atoms with Crippen LogP contribution in [0.3, 0.4) is 0 Å². The lowest BCUT2D eigenvalue weighted by Crippen LogP contribution is -2.39. The van der Waals surface area contributed by atoms with E-state index in [0.717, 1.165) is 17.0 Å². The highest BCUT2D eigenvalue weighted by Gasteiger charge is 2.12. The molecular weight excluding hydrogens is 316 g/mol. The molecular formula is C19H22N4O2. The topological polar surface area (TPSA) is 79.5 Å². The van der Waals surface area contributed by atoms with E-state index in [1.807, 2.05) is 59.1 Å². The average Bonchev–Trinajstić information content (AvgIpc) is 3.05. The molecule has 2 heterocycles. The fourth-order valence-corrected chi connectivity index (χ4v) is 2.83. The summed E-state index contributed by atoms with van der Waals surface area (Å²) in [6.45, 7) is -0.0740. The van der Waals surface area contributed by atoms with Gasteiger partial charge in [0.25, 0.3) is 0 Å². The van der Waals surface area contributed by atoms with Gasteiger partial charge in [0, 0.05) is 19.0 Å². The lowest BCUT2D eigenvalue weighted by Gasteiger charge is -2.16. The second kappa shape index (κ2) is 8.39. The number of carbonyl (C=O) groups excluding carboxylic acids is 1. The summed E-state index contributed by atoms with van der Waals surface area (Å²) in [4.78, 5) is 12.1. The average molecular weight is 338 g/mol. The van der Waals surface area contributed by atoms with E-state index in [9.17, 15) is 9.90 Å². The summed E-state index contributed by atoms with van der Waals surface area (Å²) in [6, 6.07) is 15.3. The van der Waals surface area contributed by atoms with Gasteiger partial charge in [-0.2, -0.15) is 0 Å². The van der Waals surface area contributed by atoms with Gasteiger partial charge in [-0.1, -0.05) is 36.4 Å². The van der Waals surface area contributed by atoms with Crippen LogP contribution in [-0.4, -0.2) is 38.3 Å². The Bertz CT molecular complexity index is 816. The molecule has 6 nitrogen and oxygen atoms in total. The molecule has 0 aliphatic rings. The molecule has 0 spiro atoms. The molecule has 2 N–H and O–H groups in total. The molecule has 3 rings (SSSR count). The molecule has 0 saturated carbocycles. The molecule has 25 heavy (non-hydrogen) atoms. The largest absolute Gasteiger partial charge is 0.394 e. The van der Waals surface area contributed by atoms with Crippen LogP contribution in [0.5, 0.6) is 0 Å². The minimum Gasteiger partial charge on any atom is -0.394 e. The first-order valence-electron chi connectivity index (χ1n) is 8.49. The molecule has 6 heteroatoms. The molecule has 0 radical (unpaired) electrons. The number of nitrogens with zero attached hydrogens (tertiary/aromatic N) is 3. The van der Waals surface area contributed by atoms with E-state index in [-0.39, 0.29) is 18.6 Å². The maximum Gasteiger partial charge on any atom is 0.220 e. The zero-order valence-corrected chi connectivity index (χ0v) is 14.0. The van der Waals surface area contributed by atoms with Gasteiger partial charge >= 0.3 is 0 Å². The smallest absolute Gasteiger partial charge is 0.220 e. The fourth-order valence-electron chi connectivity index (χ4n) is 2.83. The molecule has 1 aromatic carbocycles. The number of amides is 1. The Kier molecular flexibility index (Phi) is 5.74. The zero-order valence-electron chi connectivity index (χ0n) is 14.0. The first kappa shape index (κ1) is 17.1. The van der Waals surface area contributed by atoms with Crippen molar-refractivity contribution in [2.75, 3.05) is 6.61 Å². The summed E-state index contributed by atoms with van der Waals surface area (Å²) in [6.07, 6.45) is 4.31. The Balaban J connectivity index is 1.47. The number of aliphatic hydroxyl groups is 1. The van der Waals surface area contributed by atoms with Crippen LogP contribution in [0.25, 0.3) is 5.65 Å². The van der Waals surface area contributed by atoms with Gasteiger partial charge in [0.15, 0.2) is 5.65 Å². The molecule has 1 atom stereocenters. The number of rotatable bonds is 8. The maximum atomic E-state index is 12.1. The molecule has 1 amide bonds. The van der Waals surface area contributed by atoms with Gasteiger partial charge in [0.1, 0.15) is 5.82 Å². The summed E-state index contributed by atoms with van der Waals surface area (Å²) < 4.78 is 1.93. The standard InChI is InChI=1S/C19H22N4O2/c24-14-16(13-15-7-2-1-3-8-15)20-19(25)11-6-10-18-22-21-17-9-4-5-12-23(17)18/h1-5,7-9,12,16,24H,6,10-11,13-14H2,(H,20,25). The number of benzene rings is 1. The molecule has 0 bridgehead atoms. The van der Waals surface area contributed by atoms with Crippen molar-refractivity contribution in [1.29, 1.82) is 0 Å². The van der Waals surface area contributed by atoms with Gasteiger partial charge in [-0.15, -0.1) is 10.2 Å². The Morgan fingerprint density at radius 1 is 1.12 bits per heavy atom. The van der Waals surface area contributed by atoms with E-state index < -0.39 is 0 Å². The quantitative estimate of drug-likeness (QED) is 0.656. The van der Waals surface area contributed by atoms with Crippen LogP contribution in [-0.2, 0) is 17.6 Å². The highest BCUT2D eigenvalue weighted by Crippen LogP contribution is 2.07. The molecule has 1 unspecified atom stereocenters. The van der Waals surface area contributed by atoms with E-state index >= 15 is 0 Å². The van der Waals surface area contributed by atoms with Gasteiger partial charge in [-0.05, 0) is 30.5 Å². The minimum absolute atomic E-state index is 0.0520. The number of aromatic nitrogens is 3. The Labute approximate surface area is 146 Å². The number of carbonyl (C=O) groups is 1. The molecule has 0 saturated heterocycles. The lowest BCUT2D eigenvalue weighted by atomic mass is 10.1. The van der Waals surface area contributed by atoms with Crippen molar-refractivity contribution >= 4 is 11.6 Å². The van der Waals surface area contributed by atoms with Gasteiger partial charge in [-0.3, -0.25) is 9.20 Å². The van der Waals surface area contributed by atoms with Crippen LogP contribution in [0.2, 0.25) is 0 Å². The van der Waals surface area contributed by atoms with Crippen molar-refractivity contribution in [3.8, 4) is 0 Å². The van der Waals surface area contributed by atoms with Crippen molar-refractivity contribution in [3.05, 3.63) is 66.1 Å². The Hall–Kier alpha value is -2.73. The molecule has 3 aromatic rings. The third-order valence-corrected chi connectivity index (χ3v) is 4.10. The first-order chi connectivity index (χ1) is 12.3. The van der Waals surface area contributed by atoms with E-state index in [1.54, 1.807) is 0 Å². The van der Waals surface area contributed by atoms with Gasteiger partial charge < -0.3 is 10.4 Å². The summed E-state index contributed by atoms with van der Waals surface area (Å²) >= 11 is 0. The van der Waals surface area contributed by atoms with Crippen LogP contribution < -0.4 is 5.32 Å². The lowest BCUT2D eigenvalue weighted by molar-refractivity contribution is -0.122. The van der Waals surface area contributed by atoms with E-state index in [0.29, 0.717) is 25.7 Å². The highest BCUT2D eigenvalue weighted by atomic mass is 16.3. The number of pyridine rings is 1. The molecule has 2 aromatic heterocycles. The molecule has 0 aliphatic heterocycles. The number of aryl methyl sites for hydroxylation is 1. The summed E-state index contributed by atoms with van der Waals surface area (Å²) in [5, 5.41) is 20.7. The minimum atomic E-state index is -0.260. The van der Waals surface area contributed by atoms with Crippen LogP contribution >= 0.6 is 0 Å². The SMILES string of the molecule is O=C(CCCc1nnc2ccccn12)NC(CO)Cc1ccccc1. The maximum absolute atomic E-state index is 12.1. The van der Waals surface area contributed by atoms with Crippen LogP contribution in [0.4, 0.5) is 0 Å². The fraction of sp³-hybridized carbons (Fsp3) is 0.316. The van der Waals surface area contributed by atoms with Gasteiger partial charge in [0.05, 0.1) is 12.6 Å². The molecule has 0 aliphatic carbocycles. The van der Waals surface area contributed by atoms with E-state index in [2.05, 4.69) is 15.5 Å². The predicted molar refractivity (Wildman–Crippen MR) is 95.1 cm³/mol. The zero-order chi connectivity index (χ0) is 17.5. The second-order valence-electron chi connectivity index (χ2n) is 6.04. The second-order valence-corrected chi connectivity index (χ2v) is 6.04. The highest BCUT2D eigenvalue weighted by molar-refractivity contribution is 5.76. The first-order valence-corrected chi connectivity index (χ1v) is 8.49. The summed E-state index contributed by atoms with van der Waals surface area (Å²) in [7, 11) is 0. The van der Waals surface area contributed by atoms with Crippen molar-refractivity contribution in [2.45, 2.75) is 31.7 Å². The van der Waals surface area contributed by atoms with Crippen LogP contribution in [0, 0.1) is 0 Å². The number of fused-ring (bicyclic) bond motifs is 1. The van der Waals surface area contributed by atoms with E-state index in [4.69, 9.17) is 0 Å². The van der Waals surface area contributed by atoms with Crippen LogP contribution in [0.1, 0.15) is 24.2 Å². The van der Waals surface area contributed by atoms with Crippen molar-refractivity contribution in [1.82, 2.24) is 19.9 Å². The Morgan fingerprint density at radius 2 is 1.92 bits per heavy atom. The number of nitrogens with one attached hydrogen (secondary N) is 1. The normalized spacial score (nSPS) is 12.2. The monoisotopic (exact) mass is 338 g/mol. The van der Waals surface area contributed by atoms with Crippen molar-refractivity contribution < 1.29 is 9.90 Å². The summed E-state index contributed by atoms with van der Waals surface area (Å²) in [5.74, 6) is 0.801. The van der Waals surface area contributed by atoms with Gasteiger partial charge in [0.2, 0.25) is 5.91 Å². The molecule has 130 valence electrons. The predicted octanol–water partition coefficient (Wildman–Crippen LogP) is 1.77. The van der Waals surface area contributed by atoms with Crippen LogP contribution in [0.15, 0.2) is 54.7 Å². The number of hydrogen-bond acceptors (Lipinski definition) is 4. The number of aliphatic hydroxyl groups excluding tert-OH is 1. The van der Waals surface area contributed by atoms with Crippen molar-refractivity contribution in [2.24, 2.45) is 0 Å². The van der Waals surface area contributed by atoms with E-state index in [1.165, 1.54) is 0 Å². The Morgan fingerprint density at radius 3 is 2.72 bits per heavy atom. The third-order valence-electron chi connectivity index (χ3n) is 4.10. The summed E-state index contributed by atoms with van der Waals surface area (Å²) in [5.41, 5.74) is 1.90.